The maximum atomic E-state index is 13.1. The molecular formula is C27H18N2O6S. The fourth-order valence-corrected chi connectivity index (χ4v) is 5.68. The molecule has 0 aliphatic carbocycles. The second-order valence-corrected chi connectivity index (χ2v) is 9.94. The molecule has 1 heterocycles. The van der Waals surface area contributed by atoms with Crippen LogP contribution in [0.3, 0.4) is 0 Å². The van der Waals surface area contributed by atoms with Crippen molar-refractivity contribution in [2.45, 2.75) is 9.79 Å². The Hall–Kier alpha value is -4.76. The summed E-state index contributed by atoms with van der Waals surface area (Å²) in [6.45, 7) is 0. The Morgan fingerprint density at radius 3 is 2.28 bits per heavy atom. The summed E-state index contributed by atoms with van der Waals surface area (Å²) >= 11 is 0. The summed E-state index contributed by atoms with van der Waals surface area (Å²) in [7, 11) is -3.98. The van der Waals surface area contributed by atoms with Gasteiger partial charge in [0.05, 0.1) is 26.6 Å². The van der Waals surface area contributed by atoms with Crippen molar-refractivity contribution in [3.05, 3.63) is 108 Å². The Bertz CT molecular complexity index is 1680. The number of aromatic carboxylic acids is 1. The van der Waals surface area contributed by atoms with E-state index in [1.165, 1.54) is 36.4 Å². The predicted molar refractivity (Wildman–Crippen MR) is 133 cm³/mol. The Balaban J connectivity index is 1.46. The number of carbonyl (C=O) groups is 3. The minimum Gasteiger partial charge on any atom is -0.478 e. The fourth-order valence-electron chi connectivity index (χ4n) is 4.09. The van der Waals surface area contributed by atoms with Crippen molar-refractivity contribution in [3.63, 3.8) is 0 Å². The van der Waals surface area contributed by atoms with E-state index >= 15 is 0 Å². The highest BCUT2D eigenvalue weighted by Gasteiger charge is 2.31. The molecule has 9 heteroatoms. The lowest BCUT2D eigenvalue weighted by molar-refractivity contribution is 0.0697. The van der Waals surface area contributed by atoms with Gasteiger partial charge in [-0.1, -0.05) is 42.5 Å². The lowest BCUT2D eigenvalue weighted by atomic mass is 9.99. The van der Waals surface area contributed by atoms with Crippen molar-refractivity contribution < 1.29 is 27.9 Å². The smallest absolute Gasteiger partial charge is 0.336 e. The number of sulfone groups is 1. The summed E-state index contributed by atoms with van der Waals surface area (Å²) < 4.78 is 26.3. The van der Waals surface area contributed by atoms with Gasteiger partial charge in [-0.25, -0.2) is 13.2 Å². The number of fused-ring (bicyclic) bond motifs is 2. The van der Waals surface area contributed by atoms with E-state index in [9.17, 15) is 27.9 Å². The van der Waals surface area contributed by atoms with Crippen LogP contribution in [0.15, 0.2) is 101 Å². The lowest BCUT2D eigenvalue weighted by Gasteiger charge is -2.12. The lowest BCUT2D eigenvalue weighted by Crippen LogP contribution is -2.14. The van der Waals surface area contributed by atoms with Gasteiger partial charge in [0.2, 0.25) is 9.84 Å². The highest BCUT2D eigenvalue weighted by molar-refractivity contribution is 7.91. The Morgan fingerprint density at radius 1 is 0.778 bits per heavy atom. The first-order valence-corrected chi connectivity index (χ1v) is 12.3. The van der Waals surface area contributed by atoms with Gasteiger partial charge in [0.1, 0.15) is 0 Å². The molecule has 1 aliphatic heterocycles. The highest BCUT2D eigenvalue weighted by atomic mass is 32.2. The van der Waals surface area contributed by atoms with Crippen LogP contribution in [0.2, 0.25) is 0 Å². The average molecular weight is 499 g/mol. The third kappa shape index (κ3) is 4.01. The SMILES string of the molecule is O=C(Nc1cccc(-c2ccccc2C(=O)O)c1)c1ccc2c(c1)NC(=O)c1ccccc1S2(=O)=O. The number of anilines is 2. The Kier molecular flexibility index (Phi) is 5.62. The third-order valence-electron chi connectivity index (χ3n) is 5.79. The van der Waals surface area contributed by atoms with E-state index in [2.05, 4.69) is 10.6 Å². The van der Waals surface area contributed by atoms with E-state index < -0.39 is 27.6 Å². The summed E-state index contributed by atoms with van der Waals surface area (Å²) in [4.78, 5) is 37.0. The highest BCUT2D eigenvalue weighted by Crippen LogP contribution is 2.34. The topological polar surface area (TPSA) is 130 Å². The van der Waals surface area contributed by atoms with Gasteiger partial charge in [-0.3, -0.25) is 9.59 Å². The molecule has 3 N–H and O–H groups in total. The van der Waals surface area contributed by atoms with Crippen molar-refractivity contribution >= 4 is 39.0 Å². The Labute approximate surface area is 206 Å². The molecule has 36 heavy (non-hydrogen) atoms. The summed E-state index contributed by atoms with van der Waals surface area (Å²) in [6.07, 6.45) is 0. The maximum Gasteiger partial charge on any atom is 0.336 e. The van der Waals surface area contributed by atoms with Gasteiger partial charge in [0.15, 0.2) is 0 Å². The molecule has 5 rings (SSSR count). The number of hydrogen-bond donors (Lipinski definition) is 3. The number of rotatable bonds is 4. The van der Waals surface area contributed by atoms with Gasteiger partial charge in [0, 0.05) is 11.3 Å². The number of amides is 2. The standard InChI is InChI=1S/C27H18N2O6S/c30-25(28-18-7-5-6-16(14-18)19-8-1-2-9-20(19)27(32)33)17-12-13-24-22(15-17)29-26(31)21-10-3-4-11-23(21)36(24,34)35/h1-15H,(H,28,30)(H,29,31)(H,32,33). The number of nitrogens with one attached hydrogen (secondary N) is 2. The van der Waals surface area contributed by atoms with E-state index in [-0.39, 0.29) is 32.2 Å². The van der Waals surface area contributed by atoms with E-state index in [0.29, 0.717) is 16.8 Å². The van der Waals surface area contributed by atoms with Crippen molar-refractivity contribution in [1.82, 2.24) is 0 Å². The maximum absolute atomic E-state index is 13.1. The van der Waals surface area contributed by atoms with E-state index in [1.807, 2.05) is 0 Å². The zero-order valence-electron chi connectivity index (χ0n) is 18.6. The molecule has 178 valence electrons. The molecule has 0 spiro atoms. The van der Waals surface area contributed by atoms with Crippen LogP contribution in [0.1, 0.15) is 31.1 Å². The average Bonchev–Trinajstić information content (AvgIpc) is 2.96. The fraction of sp³-hybridized carbons (Fsp3) is 0. The minimum atomic E-state index is -3.98. The normalized spacial score (nSPS) is 13.5. The van der Waals surface area contributed by atoms with Crippen molar-refractivity contribution in [2.75, 3.05) is 10.6 Å². The molecule has 1 aliphatic rings. The summed E-state index contributed by atoms with van der Waals surface area (Å²) in [5.74, 6) is -2.19. The molecule has 0 radical (unpaired) electrons. The van der Waals surface area contributed by atoms with Crippen molar-refractivity contribution in [1.29, 1.82) is 0 Å². The summed E-state index contributed by atoms with van der Waals surface area (Å²) in [5.41, 5.74) is 1.81. The molecule has 0 bridgehead atoms. The van der Waals surface area contributed by atoms with Crippen LogP contribution in [0, 0.1) is 0 Å². The zero-order chi connectivity index (χ0) is 25.4. The first-order chi connectivity index (χ1) is 17.3. The van der Waals surface area contributed by atoms with Gasteiger partial charge >= 0.3 is 5.97 Å². The number of benzene rings is 4. The molecule has 4 aromatic carbocycles. The quantitative estimate of drug-likeness (QED) is 0.374. The number of hydrogen-bond acceptors (Lipinski definition) is 5. The van der Waals surface area contributed by atoms with E-state index in [1.54, 1.807) is 54.6 Å². The molecule has 0 saturated heterocycles. The molecular weight excluding hydrogens is 480 g/mol. The molecule has 0 fully saturated rings. The van der Waals surface area contributed by atoms with Crippen LogP contribution in [0.25, 0.3) is 11.1 Å². The third-order valence-corrected chi connectivity index (χ3v) is 7.66. The molecule has 0 unspecified atom stereocenters. The van der Waals surface area contributed by atoms with Crippen LogP contribution >= 0.6 is 0 Å². The van der Waals surface area contributed by atoms with Gasteiger partial charge in [-0.2, -0.15) is 0 Å². The first kappa shape index (κ1) is 23.0. The molecule has 0 saturated carbocycles. The largest absolute Gasteiger partial charge is 0.478 e. The van der Waals surface area contributed by atoms with Crippen LogP contribution in [-0.2, 0) is 9.84 Å². The molecule has 4 aromatic rings. The van der Waals surface area contributed by atoms with Gasteiger partial charge < -0.3 is 15.7 Å². The number of carboxylic acid groups (broad SMARTS) is 1. The van der Waals surface area contributed by atoms with Crippen molar-refractivity contribution in [3.8, 4) is 11.1 Å². The second-order valence-electron chi connectivity index (χ2n) is 8.05. The monoisotopic (exact) mass is 498 g/mol. The second kappa shape index (κ2) is 8.79. The summed E-state index contributed by atoms with van der Waals surface area (Å²) in [6, 6.07) is 23.1. The first-order valence-electron chi connectivity index (χ1n) is 10.8. The van der Waals surface area contributed by atoms with Crippen LogP contribution < -0.4 is 10.6 Å². The van der Waals surface area contributed by atoms with E-state index in [0.717, 1.165) is 0 Å². The Morgan fingerprint density at radius 2 is 1.50 bits per heavy atom. The number of carbonyl (C=O) groups excluding carboxylic acids is 2. The van der Waals surface area contributed by atoms with Gasteiger partial charge in [-0.15, -0.1) is 0 Å². The van der Waals surface area contributed by atoms with Crippen LogP contribution in [0.5, 0.6) is 0 Å². The van der Waals surface area contributed by atoms with Crippen LogP contribution in [0.4, 0.5) is 11.4 Å². The minimum absolute atomic E-state index is 0.00739. The zero-order valence-corrected chi connectivity index (χ0v) is 19.4. The van der Waals surface area contributed by atoms with Gasteiger partial charge in [0.25, 0.3) is 11.8 Å². The molecule has 2 amide bonds. The number of carboxylic acids is 1. The molecule has 0 atom stereocenters. The molecule has 0 aromatic heterocycles. The van der Waals surface area contributed by atoms with Gasteiger partial charge in [-0.05, 0) is 59.7 Å². The molecule has 8 nitrogen and oxygen atoms in total. The van der Waals surface area contributed by atoms with Crippen LogP contribution in [-0.4, -0.2) is 31.3 Å². The summed E-state index contributed by atoms with van der Waals surface area (Å²) in [5, 5.41) is 14.8. The predicted octanol–water partition coefficient (Wildman–Crippen LogP) is 4.70. The van der Waals surface area contributed by atoms with E-state index in [4.69, 9.17) is 0 Å². The van der Waals surface area contributed by atoms with Crippen molar-refractivity contribution in [2.24, 2.45) is 0 Å².